The number of nitrogens with zero attached hydrogens (tertiary/aromatic N) is 2. The average molecular weight is 223 g/mol. The highest BCUT2D eigenvalue weighted by Crippen LogP contribution is 2.17. The van der Waals surface area contributed by atoms with Crippen LogP contribution in [0.4, 0.5) is 0 Å². The first-order valence-electron chi connectivity index (χ1n) is 4.25. The van der Waals surface area contributed by atoms with Crippen molar-refractivity contribution in [2.45, 2.75) is 6.92 Å². The van der Waals surface area contributed by atoms with Crippen LogP contribution in [0.1, 0.15) is 16.1 Å². The maximum absolute atomic E-state index is 10.7. The van der Waals surface area contributed by atoms with Gasteiger partial charge in [0.1, 0.15) is 0 Å². The number of hydrogen-bond donors (Lipinski definition) is 1. The average Bonchev–Trinajstić information content (AvgIpc) is 2.19. The van der Waals surface area contributed by atoms with Gasteiger partial charge in [-0.05, 0) is 25.1 Å². The fourth-order valence-corrected chi connectivity index (χ4v) is 1.39. The molecule has 0 saturated heterocycles. The van der Waals surface area contributed by atoms with E-state index < -0.39 is 5.97 Å². The summed E-state index contributed by atoms with van der Waals surface area (Å²) in [5.74, 6) is -0.980. The maximum Gasteiger partial charge on any atom is 0.335 e. The Morgan fingerprint density at radius 2 is 2.07 bits per heavy atom. The van der Waals surface area contributed by atoms with Crippen molar-refractivity contribution in [1.82, 2.24) is 9.97 Å². The third-order valence-corrected chi connectivity index (χ3v) is 2.39. The minimum atomic E-state index is -0.980. The molecule has 0 saturated carbocycles. The minimum absolute atomic E-state index is 0.193. The van der Waals surface area contributed by atoms with E-state index in [1.807, 2.05) is 0 Å². The smallest absolute Gasteiger partial charge is 0.335 e. The van der Waals surface area contributed by atoms with E-state index in [2.05, 4.69) is 9.97 Å². The molecule has 76 valence electrons. The normalized spacial score (nSPS) is 10.5. The second kappa shape index (κ2) is 3.47. The summed E-state index contributed by atoms with van der Waals surface area (Å²) in [6, 6.07) is 4.55. The van der Waals surface area contributed by atoms with Crippen LogP contribution in [0.25, 0.3) is 11.0 Å². The molecule has 2 rings (SSSR count). The molecule has 1 aromatic heterocycles. The van der Waals surface area contributed by atoms with Crippen molar-refractivity contribution in [3.63, 3.8) is 0 Å². The summed E-state index contributed by atoms with van der Waals surface area (Å²) in [6.45, 7) is 1.72. The summed E-state index contributed by atoms with van der Waals surface area (Å²) in [4.78, 5) is 19.0. The molecule has 0 radical (unpaired) electrons. The Balaban J connectivity index is 2.72. The number of rotatable bonds is 1. The second-order valence-corrected chi connectivity index (χ2v) is 3.47. The Labute approximate surface area is 90.5 Å². The number of hydrogen-bond acceptors (Lipinski definition) is 3. The van der Waals surface area contributed by atoms with Crippen molar-refractivity contribution in [2.75, 3.05) is 0 Å². The van der Waals surface area contributed by atoms with Crippen molar-refractivity contribution < 1.29 is 9.90 Å². The van der Waals surface area contributed by atoms with E-state index in [0.29, 0.717) is 21.9 Å². The Hall–Kier alpha value is -1.68. The molecule has 0 amide bonds. The van der Waals surface area contributed by atoms with Gasteiger partial charge in [-0.25, -0.2) is 14.8 Å². The molecular weight excluding hydrogens is 216 g/mol. The van der Waals surface area contributed by atoms with E-state index in [4.69, 9.17) is 16.7 Å². The predicted molar refractivity (Wildman–Crippen MR) is 56.2 cm³/mol. The van der Waals surface area contributed by atoms with E-state index in [9.17, 15) is 4.79 Å². The van der Waals surface area contributed by atoms with Crippen LogP contribution in [-0.2, 0) is 0 Å². The lowest BCUT2D eigenvalue weighted by Gasteiger charge is -2.01. The highest BCUT2D eigenvalue weighted by molar-refractivity contribution is 6.30. The first-order valence-corrected chi connectivity index (χ1v) is 4.63. The van der Waals surface area contributed by atoms with Gasteiger partial charge in [0, 0.05) is 0 Å². The summed E-state index contributed by atoms with van der Waals surface area (Å²) in [5.41, 5.74) is 1.91. The molecule has 1 heterocycles. The predicted octanol–water partition coefficient (Wildman–Crippen LogP) is 2.29. The second-order valence-electron chi connectivity index (χ2n) is 3.11. The first-order chi connectivity index (χ1) is 7.08. The Morgan fingerprint density at radius 3 is 2.73 bits per heavy atom. The lowest BCUT2D eigenvalue weighted by atomic mass is 10.2. The molecule has 1 aromatic carbocycles. The number of benzene rings is 1. The van der Waals surface area contributed by atoms with Crippen molar-refractivity contribution in [2.24, 2.45) is 0 Å². The fourth-order valence-electron chi connectivity index (χ4n) is 1.25. The molecule has 0 aliphatic heterocycles. The summed E-state index contributed by atoms with van der Waals surface area (Å²) in [6.07, 6.45) is 0. The van der Waals surface area contributed by atoms with Gasteiger partial charge in [-0.1, -0.05) is 11.6 Å². The number of carboxylic acids is 1. The van der Waals surface area contributed by atoms with E-state index >= 15 is 0 Å². The van der Waals surface area contributed by atoms with Gasteiger partial charge in [0.25, 0.3) is 0 Å². The van der Waals surface area contributed by atoms with Crippen molar-refractivity contribution in [3.8, 4) is 0 Å². The molecular formula is C10H7ClN2O2. The Morgan fingerprint density at radius 1 is 1.33 bits per heavy atom. The lowest BCUT2D eigenvalue weighted by Crippen LogP contribution is -1.97. The van der Waals surface area contributed by atoms with E-state index in [1.165, 1.54) is 12.1 Å². The molecule has 0 unspecified atom stereocenters. The van der Waals surface area contributed by atoms with E-state index in [-0.39, 0.29) is 5.56 Å². The number of aromatic carboxylic acids is 1. The summed E-state index contributed by atoms with van der Waals surface area (Å²) in [5, 5.41) is 9.13. The van der Waals surface area contributed by atoms with Crippen LogP contribution >= 0.6 is 11.6 Å². The molecule has 1 N–H and O–H groups in total. The number of halogens is 1. The third-order valence-electron chi connectivity index (χ3n) is 2.03. The first kappa shape index (κ1) is 9.86. The largest absolute Gasteiger partial charge is 0.478 e. The van der Waals surface area contributed by atoms with E-state index in [1.54, 1.807) is 13.0 Å². The highest BCUT2D eigenvalue weighted by Gasteiger charge is 2.07. The molecule has 4 nitrogen and oxygen atoms in total. The molecule has 5 heteroatoms. The van der Waals surface area contributed by atoms with Gasteiger partial charge in [-0.15, -0.1) is 0 Å². The summed E-state index contributed by atoms with van der Waals surface area (Å²) < 4.78 is 0. The van der Waals surface area contributed by atoms with Gasteiger partial charge in [-0.2, -0.15) is 0 Å². The molecule has 0 fully saturated rings. The number of aromatic nitrogens is 2. The van der Waals surface area contributed by atoms with Crippen molar-refractivity contribution in [3.05, 3.63) is 34.6 Å². The molecule has 15 heavy (non-hydrogen) atoms. The third kappa shape index (κ3) is 1.76. The number of aryl methyl sites for hydroxylation is 1. The van der Waals surface area contributed by atoms with Crippen molar-refractivity contribution >= 4 is 28.6 Å². The fraction of sp³-hybridized carbons (Fsp3) is 0.100. The van der Waals surface area contributed by atoms with Gasteiger partial charge >= 0.3 is 5.97 Å². The van der Waals surface area contributed by atoms with Crippen LogP contribution in [0.15, 0.2) is 18.2 Å². The molecule has 0 bridgehead atoms. The van der Waals surface area contributed by atoms with Gasteiger partial charge in [0.15, 0.2) is 5.15 Å². The quantitative estimate of drug-likeness (QED) is 0.804. The van der Waals surface area contributed by atoms with Gasteiger partial charge in [0.05, 0.1) is 22.3 Å². The highest BCUT2D eigenvalue weighted by atomic mass is 35.5. The minimum Gasteiger partial charge on any atom is -0.478 e. The van der Waals surface area contributed by atoms with Gasteiger partial charge in [0.2, 0.25) is 0 Å². The molecule has 0 spiro atoms. The standard InChI is InChI=1S/C10H7ClN2O2/c1-5-9(11)13-7-3-2-6(10(14)15)4-8(7)12-5/h2-4H,1H3,(H,14,15). The van der Waals surface area contributed by atoms with Crippen LogP contribution < -0.4 is 0 Å². The van der Waals surface area contributed by atoms with E-state index in [0.717, 1.165) is 0 Å². The molecule has 0 aliphatic rings. The van der Waals surface area contributed by atoms with Crippen LogP contribution in [-0.4, -0.2) is 21.0 Å². The maximum atomic E-state index is 10.7. The van der Waals surface area contributed by atoms with Crippen LogP contribution in [0.3, 0.4) is 0 Å². The summed E-state index contributed by atoms with van der Waals surface area (Å²) >= 11 is 5.80. The lowest BCUT2D eigenvalue weighted by molar-refractivity contribution is 0.0697. The Bertz CT molecular complexity index is 554. The number of fused-ring (bicyclic) bond motifs is 1. The summed E-state index contributed by atoms with van der Waals surface area (Å²) in [7, 11) is 0. The monoisotopic (exact) mass is 222 g/mol. The SMILES string of the molecule is Cc1nc2cc(C(=O)O)ccc2nc1Cl. The zero-order valence-corrected chi connectivity index (χ0v) is 8.62. The Kier molecular flexibility index (Phi) is 2.28. The van der Waals surface area contributed by atoms with Crippen LogP contribution in [0.2, 0.25) is 5.15 Å². The number of carbonyl (C=O) groups is 1. The molecule has 0 aliphatic carbocycles. The van der Waals surface area contributed by atoms with Crippen molar-refractivity contribution in [1.29, 1.82) is 0 Å². The molecule has 0 atom stereocenters. The van der Waals surface area contributed by atoms with Crippen LogP contribution in [0.5, 0.6) is 0 Å². The van der Waals surface area contributed by atoms with Gasteiger partial charge in [-0.3, -0.25) is 0 Å². The molecule has 2 aromatic rings. The topological polar surface area (TPSA) is 63.1 Å². The number of carboxylic acid groups (broad SMARTS) is 1. The van der Waals surface area contributed by atoms with Gasteiger partial charge < -0.3 is 5.11 Å². The zero-order chi connectivity index (χ0) is 11.0. The zero-order valence-electron chi connectivity index (χ0n) is 7.86. The van der Waals surface area contributed by atoms with Crippen LogP contribution in [0, 0.1) is 6.92 Å².